The first-order valence-electron chi connectivity index (χ1n) is 32.5. The maximum absolute atomic E-state index is 14.7. The van der Waals surface area contributed by atoms with Gasteiger partial charge in [-0.1, -0.05) is 78.5 Å². The molecule has 1 spiro atoms. The van der Waals surface area contributed by atoms with E-state index in [0.717, 1.165) is 115 Å². The lowest BCUT2D eigenvalue weighted by Gasteiger charge is -2.60. The molecular formula is C66H112ClF3N12O2. The number of hydrogen-bond acceptors (Lipinski definition) is 13. The average molecular weight is 1200 g/mol. The van der Waals surface area contributed by atoms with E-state index in [-0.39, 0.29) is 77.5 Å². The first kappa shape index (κ1) is 69.4. The molecule has 5 unspecified atom stereocenters. The lowest BCUT2D eigenvalue weighted by atomic mass is 9.74. The minimum atomic E-state index is -4.53. The molecule has 5 aliphatic rings. The molecule has 1 saturated carbocycles. The third kappa shape index (κ3) is 19.4. The van der Waals surface area contributed by atoms with Gasteiger partial charge in [0, 0.05) is 163 Å². The van der Waals surface area contributed by atoms with Crippen molar-refractivity contribution in [2.75, 3.05) is 73.1 Å². The first-order chi connectivity index (χ1) is 40.0. The number of piperidine rings is 1. The first-order valence-corrected chi connectivity index (χ1v) is 32.8. The fourth-order valence-electron chi connectivity index (χ4n) is 14.2. The van der Waals surface area contributed by atoms with Gasteiger partial charge in [-0.2, -0.15) is 13.2 Å². The van der Waals surface area contributed by atoms with Crippen molar-refractivity contribution in [1.82, 2.24) is 56.4 Å². The van der Waals surface area contributed by atoms with Crippen molar-refractivity contribution in [3.8, 4) is 0 Å². The molecule has 6 rings (SSSR count). The summed E-state index contributed by atoms with van der Waals surface area (Å²) in [5, 5.41) is 34.3. The molecule has 476 valence electrons. The highest BCUT2D eigenvalue weighted by Crippen LogP contribution is 2.41. The molecule has 0 aromatic heterocycles. The summed E-state index contributed by atoms with van der Waals surface area (Å²) in [5.41, 5.74) is 2.48. The molecule has 84 heavy (non-hydrogen) atoms. The van der Waals surface area contributed by atoms with Crippen molar-refractivity contribution >= 4 is 23.2 Å². The van der Waals surface area contributed by atoms with Crippen LogP contribution in [0, 0.1) is 23.7 Å². The molecule has 4 aliphatic heterocycles. The number of nitrogens with zero attached hydrogens (tertiary/aromatic N) is 6. The van der Waals surface area contributed by atoms with Crippen molar-refractivity contribution < 1.29 is 23.1 Å². The Morgan fingerprint density at radius 2 is 1.60 bits per heavy atom. The monoisotopic (exact) mass is 1200 g/mol. The molecule has 3 saturated heterocycles. The van der Waals surface area contributed by atoms with Crippen LogP contribution in [-0.4, -0.2) is 174 Å². The molecule has 7 N–H and O–H groups in total. The predicted octanol–water partition coefficient (Wildman–Crippen LogP) is 10.3. The number of allylic oxidation sites excluding steroid dienone is 2. The van der Waals surface area contributed by atoms with E-state index in [1.807, 2.05) is 48.6 Å². The molecule has 11 atom stereocenters. The largest absolute Gasteiger partial charge is 0.417 e. The Hall–Kier alpha value is -3.68. The zero-order valence-corrected chi connectivity index (χ0v) is 54.6. The van der Waals surface area contributed by atoms with E-state index in [1.54, 1.807) is 6.20 Å². The Kier molecular flexibility index (Phi) is 27.3. The predicted molar refractivity (Wildman–Crippen MR) is 342 cm³/mol. The average Bonchev–Trinajstić information content (AvgIpc) is 1.63. The number of rotatable bonds is 10. The molecule has 14 nitrogen and oxygen atoms in total. The normalized spacial score (nSPS) is 29.8. The lowest BCUT2D eigenvalue weighted by molar-refractivity contribution is -0.162. The number of nitrogens with one attached hydrogen (secondary N) is 6. The molecule has 18 heteroatoms. The van der Waals surface area contributed by atoms with Crippen molar-refractivity contribution in [1.29, 1.82) is 0 Å². The summed E-state index contributed by atoms with van der Waals surface area (Å²) in [6.07, 6.45) is 19.8. The van der Waals surface area contributed by atoms with Crippen LogP contribution in [0.3, 0.4) is 0 Å². The summed E-state index contributed by atoms with van der Waals surface area (Å²) in [4.78, 5) is 30.9. The summed E-state index contributed by atoms with van der Waals surface area (Å²) in [6, 6.07) is 5.61. The van der Waals surface area contributed by atoms with Crippen LogP contribution < -0.4 is 31.9 Å². The number of likely N-dealkylation sites (N-methyl/N-ethyl adjacent to an activating group) is 1. The number of halogens is 4. The number of hydrogen-bond donors (Lipinski definition) is 7. The molecule has 4 heterocycles. The second-order valence-corrected chi connectivity index (χ2v) is 26.9. The number of carbonyl (C=O) groups is 1. The Bertz CT molecular complexity index is 2330. The van der Waals surface area contributed by atoms with Gasteiger partial charge in [-0.3, -0.25) is 14.7 Å². The van der Waals surface area contributed by atoms with Crippen molar-refractivity contribution in [2.24, 2.45) is 28.7 Å². The molecule has 1 amide bonds. The summed E-state index contributed by atoms with van der Waals surface area (Å²) in [6.45, 7) is 32.2. The van der Waals surface area contributed by atoms with Crippen LogP contribution >= 0.6 is 11.6 Å². The van der Waals surface area contributed by atoms with Gasteiger partial charge >= 0.3 is 6.18 Å². The summed E-state index contributed by atoms with van der Waals surface area (Å²) in [7, 11) is 3.89. The van der Waals surface area contributed by atoms with Gasteiger partial charge in [0.15, 0.2) is 0 Å². The van der Waals surface area contributed by atoms with Gasteiger partial charge in [0.1, 0.15) is 0 Å². The van der Waals surface area contributed by atoms with Crippen LogP contribution in [0.1, 0.15) is 164 Å². The van der Waals surface area contributed by atoms with Gasteiger partial charge in [0.25, 0.3) is 0 Å². The number of aryl methyl sites for hydroxylation is 1. The van der Waals surface area contributed by atoms with Gasteiger partial charge in [0.2, 0.25) is 5.91 Å². The van der Waals surface area contributed by atoms with E-state index in [1.165, 1.54) is 37.1 Å². The Morgan fingerprint density at radius 3 is 2.25 bits per heavy atom. The van der Waals surface area contributed by atoms with Crippen LogP contribution in [0.25, 0.3) is 0 Å². The third-order valence-corrected chi connectivity index (χ3v) is 19.7. The van der Waals surface area contributed by atoms with Gasteiger partial charge in [-0.25, -0.2) is 0 Å². The summed E-state index contributed by atoms with van der Waals surface area (Å²) in [5.74, 6) is 1.58. The number of fused-ring (bicyclic) bond motifs is 2. The molecule has 1 aromatic carbocycles. The zero-order valence-electron chi connectivity index (χ0n) is 53.8. The van der Waals surface area contributed by atoms with E-state index >= 15 is 0 Å². The minimum Gasteiger partial charge on any atom is -0.390 e. The Morgan fingerprint density at radius 1 is 0.869 bits per heavy atom. The maximum atomic E-state index is 14.7. The fourth-order valence-corrected chi connectivity index (χ4v) is 14.5. The van der Waals surface area contributed by atoms with Crippen LogP contribution in [0.2, 0.25) is 5.02 Å². The van der Waals surface area contributed by atoms with Gasteiger partial charge in [0.05, 0.1) is 28.8 Å². The number of aliphatic hydroxyl groups is 1. The van der Waals surface area contributed by atoms with E-state index < -0.39 is 11.7 Å². The van der Waals surface area contributed by atoms with Crippen LogP contribution in [-0.2, 0) is 17.4 Å². The van der Waals surface area contributed by atoms with Crippen molar-refractivity contribution in [3.05, 3.63) is 82.8 Å². The molecule has 1 aliphatic carbocycles. The Balaban J connectivity index is 1.29. The minimum absolute atomic E-state index is 0.0524. The second kappa shape index (κ2) is 33.1. The lowest BCUT2D eigenvalue weighted by Crippen LogP contribution is -2.76. The molecule has 0 radical (unpaired) electrons. The Labute approximate surface area is 510 Å². The fraction of sp³-hybridized carbons (Fsp3) is 0.758. The number of benzene rings is 1. The standard InChI is InChI=1S/C66H112ClF3N12O2/c1-14-47(6)60-39-75-59(37-45(2)3)49(8)74-40-61-62(64(84)80-33-18-15-19-34-80)52(11)82(61)63(46(4)5)50(9)77-65(27-16-17-28-65)44-72-31-30-71-29-26-54(24-22-53-23-25-57(58(67)38-53)66(68,69)70)73-32-36-78(12)41-56(43-83)79(13)42-55-21-20-35-81(55)51(10)48(7)76-60/h23,25-26,29,32,36,38,41-42,45-52,59-63,71-72,74-77,83H,14-22,24,27-28,30-31,33-35,37,39-40,43-44H2,1-13H3/t47-,48?,49?,50?,51-,52?,59-,60+,61?,62-,63-/m0/s1. The van der Waals surface area contributed by atoms with Crippen molar-refractivity contribution in [3.63, 3.8) is 0 Å². The van der Waals surface area contributed by atoms with E-state index in [2.05, 4.69) is 129 Å². The van der Waals surface area contributed by atoms with Crippen LogP contribution in [0.15, 0.2) is 71.7 Å². The van der Waals surface area contributed by atoms with E-state index in [4.69, 9.17) is 16.6 Å². The second-order valence-electron chi connectivity index (χ2n) is 26.5. The number of likely N-dealkylation sites (tertiary alicyclic amines) is 1. The number of aliphatic imine (C=N–C) groups is 1. The van der Waals surface area contributed by atoms with Gasteiger partial charge in [-0.15, -0.1) is 0 Å². The van der Waals surface area contributed by atoms with Crippen LogP contribution in [0.5, 0.6) is 0 Å². The topological polar surface area (TPSA) is 138 Å². The summed E-state index contributed by atoms with van der Waals surface area (Å²) < 4.78 is 40.7. The highest BCUT2D eigenvalue weighted by Gasteiger charge is 2.55. The highest BCUT2D eigenvalue weighted by molar-refractivity contribution is 6.31. The number of amides is 1. The molecule has 1 aromatic rings. The maximum Gasteiger partial charge on any atom is 0.417 e. The third-order valence-electron chi connectivity index (χ3n) is 19.3. The quantitative estimate of drug-likeness (QED) is 0.120. The van der Waals surface area contributed by atoms with Crippen molar-refractivity contribution in [2.45, 2.75) is 226 Å². The zero-order chi connectivity index (χ0) is 61.3. The number of aliphatic hydroxyl groups excluding tert-OH is 1. The smallest absolute Gasteiger partial charge is 0.390 e. The summed E-state index contributed by atoms with van der Waals surface area (Å²) >= 11 is 6.13. The van der Waals surface area contributed by atoms with E-state index in [9.17, 15) is 23.1 Å². The molecular weight excluding hydrogens is 1090 g/mol. The highest BCUT2D eigenvalue weighted by atomic mass is 35.5. The van der Waals surface area contributed by atoms with E-state index in [0.29, 0.717) is 48.6 Å². The SMILES string of the molecule is CC[C@H](C)[C@H]1CN[C@@H](CC(C)C)C(C)NCC2[C@@H](C(=O)N3CCCCC3)C(C)N2[C@@H](C(C)C)C(C)NC2(CCCC2)CNCCNC=CC(CCc2ccc(C(F)(F)F)c(Cl)c2)=NC=CN(C)C=C(CO)N(C)C=C2CCCN2[C@@H](C)C(C)N1. The molecule has 4 fully saturated rings. The van der Waals surface area contributed by atoms with Gasteiger partial charge in [-0.05, 0) is 147 Å². The van der Waals surface area contributed by atoms with Gasteiger partial charge < -0.3 is 56.6 Å². The molecule has 0 bridgehead atoms. The number of alkyl halides is 3. The van der Waals surface area contributed by atoms with Crippen LogP contribution in [0.4, 0.5) is 13.2 Å². The number of carbonyl (C=O) groups excluding carboxylic acids is 1.